The van der Waals surface area contributed by atoms with Crippen molar-refractivity contribution in [2.24, 2.45) is 0 Å². The molecule has 178 valence electrons. The SMILES string of the molecule is COc1cc(-c2nc3occn3c2-c2ccnc(NCCN3CCCNS3(=O)=O)n2)ccc1Cl. The van der Waals surface area contributed by atoms with Crippen molar-refractivity contribution in [1.29, 1.82) is 0 Å². The molecular weight excluding hydrogens is 482 g/mol. The van der Waals surface area contributed by atoms with E-state index in [2.05, 4.69) is 25.0 Å². The van der Waals surface area contributed by atoms with Crippen LogP contribution in [0.15, 0.2) is 47.3 Å². The lowest BCUT2D eigenvalue weighted by molar-refractivity contribution is 0.383. The maximum absolute atomic E-state index is 12.1. The first-order chi connectivity index (χ1) is 16.5. The normalized spacial score (nSPS) is 16.1. The van der Waals surface area contributed by atoms with Crippen LogP contribution in [0.3, 0.4) is 0 Å². The number of hydrogen-bond acceptors (Lipinski definition) is 8. The van der Waals surface area contributed by atoms with Gasteiger partial charge in [-0.1, -0.05) is 17.7 Å². The number of benzene rings is 1. The number of ether oxygens (including phenoxy) is 1. The summed E-state index contributed by atoms with van der Waals surface area (Å²) in [5, 5.41) is 3.61. The highest BCUT2D eigenvalue weighted by atomic mass is 35.5. The van der Waals surface area contributed by atoms with Gasteiger partial charge in [-0.2, -0.15) is 17.7 Å². The van der Waals surface area contributed by atoms with E-state index in [9.17, 15) is 8.42 Å². The van der Waals surface area contributed by atoms with Crippen LogP contribution < -0.4 is 14.8 Å². The Hall–Kier alpha value is -3.19. The van der Waals surface area contributed by atoms with Crippen LogP contribution in [0, 0.1) is 0 Å². The predicted molar refractivity (Wildman–Crippen MR) is 127 cm³/mol. The molecule has 1 saturated heterocycles. The predicted octanol–water partition coefficient (Wildman–Crippen LogP) is 2.67. The lowest BCUT2D eigenvalue weighted by Crippen LogP contribution is -2.48. The van der Waals surface area contributed by atoms with Gasteiger partial charge in [0.25, 0.3) is 10.2 Å². The Morgan fingerprint density at radius 1 is 1.29 bits per heavy atom. The molecule has 0 atom stereocenters. The van der Waals surface area contributed by atoms with E-state index in [1.165, 1.54) is 4.31 Å². The Labute approximate surface area is 200 Å². The molecule has 13 heteroatoms. The number of rotatable bonds is 7. The fourth-order valence-corrected chi connectivity index (χ4v) is 5.29. The number of anilines is 1. The molecule has 0 bridgehead atoms. The maximum Gasteiger partial charge on any atom is 0.306 e. The molecule has 1 aromatic carbocycles. The van der Waals surface area contributed by atoms with Crippen molar-refractivity contribution in [2.75, 3.05) is 38.6 Å². The largest absolute Gasteiger partial charge is 0.495 e. The summed E-state index contributed by atoms with van der Waals surface area (Å²) in [5.74, 6) is 1.31. The summed E-state index contributed by atoms with van der Waals surface area (Å²) < 4.78 is 40.8. The van der Waals surface area contributed by atoms with Crippen molar-refractivity contribution in [3.05, 3.63) is 47.9 Å². The summed E-state index contributed by atoms with van der Waals surface area (Å²) in [7, 11) is -1.87. The molecule has 0 spiro atoms. The zero-order chi connectivity index (χ0) is 23.7. The molecule has 0 radical (unpaired) electrons. The number of nitrogens with one attached hydrogen (secondary N) is 2. The Bertz CT molecular complexity index is 1440. The summed E-state index contributed by atoms with van der Waals surface area (Å²) in [6.45, 7) is 1.61. The Kier molecular flexibility index (Phi) is 6.13. The fraction of sp³-hybridized carbons (Fsp3) is 0.286. The van der Waals surface area contributed by atoms with Gasteiger partial charge in [0, 0.05) is 44.1 Å². The summed E-state index contributed by atoms with van der Waals surface area (Å²) in [6, 6.07) is 7.18. The molecule has 0 aliphatic carbocycles. The number of methoxy groups -OCH3 is 1. The zero-order valence-corrected chi connectivity index (χ0v) is 19.8. The number of imidazole rings is 1. The minimum Gasteiger partial charge on any atom is -0.495 e. The zero-order valence-electron chi connectivity index (χ0n) is 18.2. The molecular formula is C21H22ClN7O4S. The van der Waals surface area contributed by atoms with Gasteiger partial charge in [0.1, 0.15) is 23.4 Å². The molecule has 1 aliphatic rings. The molecule has 4 heterocycles. The van der Waals surface area contributed by atoms with E-state index in [-0.39, 0.29) is 0 Å². The van der Waals surface area contributed by atoms with Crippen LogP contribution in [-0.4, -0.2) is 65.4 Å². The average Bonchev–Trinajstić information content (AvgIpc) is 3.42. The smallest absolute Gasteiger partial charge is 0.306 e. The van der Waals surface area contributed by atoms with E-state index in [1.807, 2.05) is 6.07 Å². The van der Waals surface area contributed by atoms with Gasteiger partial charge in [-0.25, -0.2) is 14.7 Å². The number of halogens is 1. The fourth-order valence-electron chi connectivity index (χ4n) is 3.81. The van der Waals surface area contributed by atoms with Gasteiger partial charge in [-0.15, -0.1) is 0 Å². The summed E-state index contributed by atoms with van der Waals surface area (Å²) >= 11 is 6.20. The number of hydrogen-bond donors (Lipinski definition) is 2. The van der Waals surface area contributed by atoms with E-state index in [1.54, 1.807) is 48.4 Å². The van der Waals surface area contributed by atoms with Gasteiger partial charge < -0.3 is 14.5 Å². The molecule has 4 aromatic rings. The van der Waals surface area contributed by atoms with Crippen LogP contribution in [0.25, 0.3) is 28.5 Å². The lowest BCUT2D eigenvalue weighted by atomic mass is 10.1. The molecule has 0 saturated carbocycles. The molecule has 34 heavy (non-hydrogen) atoms. The van der Waals surface area contributed by atoms with E-state index in [0.717, 1.165) is 12.0 Å². The third-order valence-corrected chi connectivity index (χ3v) is 7.36. The van der Waals surface area contributed by atoms with Gasteiger partial charge in [0.15, 0.2) is 0 Å². The van der Waals surface area contributed by atoms with Gasteiger partial charge in [0.05, 0.1) is 17.8 Å². The first-order valence-corrected chi connectivity index (χ1v) is 12.4. The van der Waals surface area contributed by atoms with Crippen LogP contribution in [0.1, 0.15) is 6.42 Å². The Morgan fingerprint density at radius 2 is 2.18 bits per heavy atom. The molecule has 3 aromatic heterocycles. The van der Waals surface area contributed by atoms with Crippen molar-refractivity contribution in [3.8, 4) is 28.4 Å². The topological polar surface area (TPSA) is 127 Å². The molecule has 1 fully saturated rings. The standard InChI is InChI=1S/C21H22ClN7O4S/c1-32-17-13-14(3-4-15(17)22)18-19(29-11-12-33-21(29)27-18)16-5-7-23-20(26-16)24-8-10-28-9-2-6-25-34(28,30)31/h3-5,7,11-13,25H,2,6,8-10H2,1H3,(H,23,24,26). The summed E-state index contributed by atoms with van der Waals surface area (Å²) in [6.07, 6.45) is 5.71. The monoisotopic (exact) mass is 503 g/mol. The van der Waals surface area contributed by atoms with Crippen molar-refractivity contribution >= 4 is 33.6 Å². The number of oxazole rings is 1. The van der Waals surface area contributed by atoms with Crippen LogP contribution in [-0.2, 0) is 10.2 Å². The molecule has 0 unspecified atom stereocenters. The van der Waals surface area contributed by atoms with Gasteiger partial charge in [-0.3, -0.25) is 4.40 Å². The van der Waals surface area contributed by atoms with Crippen molar-refractivity contribution < 1.29 is 17.6 Å². The summed E-state index contributed by atoms with van der Waals surface area (Å²) in [5.41, 5.74) is 2.75. The molecule has 5 rings (SSSR count). The first kappa shape index (κ1) is 22.6. The third-order valence-electron chi connectivity index (χ3n) is 5.44. The second kappa shape index (κ2) is 9.22. The first-order valence-electron chi connectivity index (χ1n) is 10.6. The van der Waals surface area contributed by atoms with Gasteiger partial charge in [-0.05, 0) is 24.6 Å². The maximum atomic E-state index is 12.1. The molecule has 0 amide bonds. The van der Waals surface area contributed by atoms with E-state index >= 15 is 0 Å². The van der Waals surface area contributed by atoms with Crippen LogP contribution >= 0.6 is 11.6 Å². The highest BCUT2D eigenvalue weighted by molar-refractivity contribution is 7.87. The second-order valence-corrected chi connectivity index (χ2v) is 9.72. The van der Waals surface area contributed by atoms with Gasteiger partial charge >= 0.3 is 5.84 Å². The van der Waals surface area contributed by atoms with Crippen LogP contribution in [0.2, 0.25) is 5.02 Å². The van der Waals surface area contributed by atoms with Crippen LogP contribution in [0.5, 0.6) is 5.75 Å². The molecule has 1 aliphatic heterocycles. The molecule has 11 nitrogen and oxygen atoms in total. The Balaban J connectivity index is 1.44. The second-order valence-electron chi connectivity index (χ2n) is 7.56. The van der Waals surface area contributed by atoms with Crippen molar-refractivity contribution in [3.63, 3.8) is 0 Å². The minimum absolute atomic E-state index is 0.303. The number of aromatic nitrogens is 4. The van der Waals surface area contributed by atoms with Crippen molar-refractivity contribution in [1.82, 2.24) is 28.4 Å². The highest BCUT2D eigenvalue weighted by Gasteiger charge is 2.25. The summed E-state index contributed by atoms with van der Waals surface area (Å²) in [4.78, 5) is 13.6. The Morgan fingerprint density at radius 3 is 3.00 bits per heavy atom. The van der Waals surface area contributed by atoms with E-state index in [4.69, 9.17) is 20.8 Å². The molecule has 2 N–H and O–H groups in total. The van der Waals surface area contributed by atoms with Crippen molar-refractivity contribution in [2.45, 2.75) is 6.42 Å². The number of fused-ring (bicyclic) bond motifs is 1. The number of nitrogens with zero attached hydrogens (tertiary/aromatic N) is 5. The average molecular weight is 504 g/mol. The third kappa shape index (κ3) is 4.32. The lowest BCUT2D eigenvalue weighted by Gasteiger charge is -2.26. The van der Waals surface area contributed by atoms with Gasteiger partial charge in [0.2, 0.25) is 5.95 Å². The van der Waals surface area contributed by atoms with Crippen LogP contribution in [0.4, 0.5) is 5.95 Å². The van der Waals surface area contributed by atoms with E-state index < -0.39 is 10.2 Å². The minimum atomic E-state index is -3.42. The quantitative estimate of drug-likeness (QED) is 0.394. The van der Waals surface area contributed by atoms with E-state index in [0.29, 0.717) is 65.8 Å². The highest BCUT2D eigenvalue weighted by Crippen LogP contribution is 2.36.